The molecule has 0 heterocycles. The van der Waals surface area contributed by atoms with Crippen molar-refractivity contribution in [2.45, 2.75) is 58.9 Å². The fourth-order valence-corrected chi connectivity index (χ4v) is 3.11. The Hall–Kier alpha value is -2.53. The van der Waals surface area contributed by atoms with E-state index in [1.54, 1.807) is 24.3 Å². The molecule has 1 unspecified atom stereocenters. The van der Waals surface area contributed by atoms with Gasteiger partial charge in [-0.2, -0.15) is 0 Å². The summed E-state index contributed by atoms with van der Waals surface area (Å²) in [5.74, 6) is 0.00467. The van der Waals surface area contributed by atoms with Crippen molar-refractivity contribution in [1.82, 2.24) is 5.32 Å². The van der Waals surface area contributed by atoms with E-state index in [9.17, 15) is 9.59 Å². The van der Waals surface area contributed by atoms with Crippen LogP contribution in [0.4, 0.5) is 0 Å². The molecule has 168 valence electrons. The van der Waals surface area contributed by atoms with Crippen LogP contribution in [-0.2, 0) is 16.0 Å². The second-order valence-electron chi connectivity index (χ2n) is 7.54. The zero-order valence-electron chi connectivity index (χ0n) is 18.6. The summed E-state index contributed by atoms with van der Waals surface area (Å²) in [5, 5.41) is 3.62. The quantitative estimate of drug-likeness (QED) is 0.326. The maximum Gasteiger partial charge on any atom is 0.341 e. The Kier molecular flexibility index (Phi) is 10.4. The molecule has 2 aromatic carbocycles. The smallest absolute Gasteiger partial charge is 0.341 e. The fourth-order valence-electron chi connectivity index (χ4n) is 2.98. The highest BCUT2D eigenvalue weighted by Crippen LogP contribution is 2.25. The van der Waals surface area contributed by atoms with Gasteiger partial charge in [-0.3, -0.25) is 4.79 Å². The molecule has 31 heavy (non-hydrogen) atoms. The van der Waals surface area contributed by atoms with E-state index in [-0.39, 0.29) is 18.4 Å². The van der Waals surface area contributed by atoms with Gasteiger partial charge >= 0.3 is 5.97 Å². The van der Waals surface area contributed by atoms with Crippen LogP contribution in [0.25, 0.3) is 0 Å². The molecular formula is C25H32ClNO4. The van der Waals surface area contributed by atoms with Crippen LogP contribution in [0.15, 0.2) is 42.5 Å². The van der Waals surface area contributed by atoms with Crippen molar-refractivity contribution in [3.8, 4) is 5.75 Å². The van der Waals surface area contributed by atoms with Gasteiger partial charge in [0.15, 0.2) is 0 Å². The lowest BCUT2D eigenvalue weighted by Crippen LogP contribution is -2.28. The van der Waals surface area contributed by atoms with Crippen LogP contribution in [-0.4, -0.2) is 25.1 Å². The third kappa shape index (κ3) is 8.25. The first-order chi connectivity index (χ1) is 14.9. The zero-order chi connectivity index (χ0) is 22.6. The number of carbonyl (C=O) groups excluding carboxylic acids is 2. The van der Waals surface area contributed by atoms with Crippen molar-refractivity contribution in [2.24, 2.45) is 0 Å². The average molecular weight is 446 g/mol. The van der Waals surface area contributed by atoms with Crippen LogP contribution in [0, 0.1) is 0 Å². The average Bonchev–Trinajstić information content (AvgIpc) is 2.75. The largest absolute Gasteiger partial charge is 0.493 e. The van der Waals surface area contributed by atoms with Crippen molar-refractivity contribution in [3.63, 3.8) is 0 Å². The third-order valence-electron chi connectivity index (χ3n) is 4.87. The van der Waals surface area contributed by atoms with Crippen LogP contribution in [0.1, 0.15) is 74.0 Å². The minimum absolute atomic E-state index is 0.106. The van der Waals surface area contributed by atoms with Gasteiger partial charge in [0, 0.05) is 5.02 Å². The van der Waals surface area contributed by atoms with Crippen molar-refractivity contribution in [2.75, 3.05) is 13.2 Å². The van der Waals surface area contributed by atoms with E-state index in [1.807, 2.05) is 32.0 Å². The third-order valence-corrected chi connectivity index (χ3v) is 5.12. The van der Waals surface area contributed by atoms with Gasteiger partial charge in [0.25, 0.3) is 0 Å². The van der Waals surface area contributed by atoms with Gasteiger partial charge in [0.1, 0.15) is 11.3 Å². The molecular weight excluding hydrogens is 414 g/mol. The Morgan fingerprint density at radius 1 is 1.00 bits per heavy atom. The minimum atomic E-state index is -0.401. The molecule has 0 radical (unpaired) electrons. The summed E-state index contributed by atoms with van der Waals surface area (Å²) in [7, 11) is 0. The van der Waals surface area contributed by atoms with E-state index in [2.05, 4.69) is 12.2 Å². The number of hydrogen-bond donors (Lipinski definition) is 1. The standard InChI is InChI=1S/C25H32ClNO4/c1-4-6-14-30-23-13-10-20(17-22(23)25(29)31-15-7-5-2)18(3)27-24(28)16-19-8-11-21(26)12-9-19/h8-13,17-18H,4-7,14-16H2,1-3H3,(H,27,28). The molecule has 0 fully saturated rings. The summed E-state index contributed by atoms with van der Waals surface area (Å²) in [4.78, 5) is 25.1. The molecule has 2 rings (SSSR count). The van der Waals surface area contributed by atoms with Crippen molar-refractivity contribution in [3.05, 3.63) is 64.2 Å². The summed E-state index contributed by atoms with van der Waals surface area (Å²) < 4.78 is 11.2. The number of esters is 1. The predicted octanol–water partition coefficient (Wildman–Crippen LogP) is 5.90. The van der Waals surface area contributed by atoms with Crippen molar-refractivity contribution in [1.29, 1.82) is 0 Å². The van der Waals surface area contributed by atoms with Gasteiger partial charge in [-0.15, -0.1) is 0 Å². The van der Waals surface area contributed by atoms with Crippen LogP contribution in [0.3, 0.4) is 0 Å². The maximum absolute atomic E-state index is 12.6. The summed E-state index contributed by atoms with van der Waals surface area (Å²) >= 11 is 5.90. The Bertz CT molecular complexity index is 851. The molecule has 5 nitrogen and oxygen atoms in total. The second-order valence-corrected chi connectivity index (χ2v) is 7.98. The minimum Gasteiger partial charge on any atom is -0.493 e. The van der Waals surface area contributed by atoms with E-state index in [0.29, 0.717) is 29.5 Å². The van der Waals surface area contributed by atoms with Gasteiger partial charge in [0.2, 0.25) is 5.91 Å². The molecule has 0 bridgehead atoms. The van der Waals surface area contributed by atoms with Crippen LogP contribution in [0.5, 0.6) is 5.75 Å². The number of rotatable bonds is 12. The molecule has 0 aromatic heterocycles. The van der Waals surface area contributed by atoms with Gasteiger partial charge in [-0.1, -0.05) is 56.5 Å². The molecule has 0 aliphatic carbocycles. The van der Waals surface area contributed by atoms with E-state index < -0.39 is 5.97 Å². The zero-order valence-corrected chi connectivity index (χ0v) is 19.3. The Labute approximate surface area is 190 Å². The highest BCUT2D eigenvalue weighted by Gasteiger charge is 2.18. The Balaban J connectivity index is 2.10. The Morgan fingerprint density at radius 2 is 1.68 bits per heavy atom. The first-order valence-electron chi connectivity index (χ1n) is 10.9. The summed E-state index contributed by atoms with van der Waals surface area (Å²) in [5.41, 5.74) is 2.09. The first-order valence-corrected chi connectivity index (χ1v) is 11.3. The van der Waals surface area contributed by atoms with E-state index in [0.717, 1.165) is 36.8 Å². The molecule has 2 aromatic rings. The number of halogens is 1. The molecule has 1 N–H and O–H groups in total. The molecule has 1 atom stereocenters. The highest BCUT2D eigenvalue weighted by atomic mass is 35.5. The normalized spacial score (nSPS) is 11.6. The molecule has 0 aliphatic heterocycles. The Morgan fingerprint density at radius 3 is 2.35 bits per heavy atom. The predicted molar refractivity (Wildman–Crippen MR) is 124 cm³/mol. The summed E-state index contributed by atoms with van der Waals surface area (Å²) in [6.07, 6.45) is 3.93. The van der Waals surface area contributed by atoms with Crippen molar-refractivity contribution >= 4 is 23.5 Å². The van der Waals surface area contributed by atoms with Gasteiger partial charge in [0.05, 0.1) is 25.7 Å². The number of hydrogen-bond acceptors (Lipinski definition) is 4. The molecule has 0 spiro atoms. The van der Waals surface area contributed by atoms with Gasteiger partial charge in [-0.05, 0) is 55.2 Å². The molecule has 0 saturated heterocycles. The lowest BCUT2D eigenvalue weighted by molar-refractivity contribution is -0.121. The lowest BCUT2D eigenvalue weighted by atomic mass is 10.0. The van der Waals surface area contributed by atoms with Crippen LogP contribution in [0.2, 0.25) is 5.02 Å². The van der Waals surface area contributed by atoms with Crippen molar-refractivity contribution < 1.29 is 19.1 Å². The second kappa shape index (κ2) is 13.0. The maximum atomic E-state index is 12.6. The first kappa shape index (κ1) is 24.7. The molecule has 0 saturated carbocycles. The topological polar surface area (TPSA) is 64.6 Å². The molecule has 6 heteroatoms. The SMILES string of the molecule is CCCCOC(=O)c1cc(C(C)NC(=O)Cc2ccc(Cl)cc2)ccc1OCCCC. The molecule has 1 amide bonds. The molecule has 0 aliphatic rings. The summed E-state index contributed by atoms with van der Waals surface area (Å²) in [6.45, 7) is 6.93. The monoisotopic (exact) mass is 445 g/mol. The van der Waals surface area contributed by atoms with E-state index >= 15 is 0 Å². The van der Waals surface area contributed by atoms with Gasteiger partial charge in [-0.25, -0.2) is 4.79 Å². The van der Waals surface area contributed by atoms with E-state index in [1.165, 1.54) is 0 Å². The fraction of sp³-hybridized carbons (Fsp3) is 0.440. The highest BCUT2D eigenvalue weighted by molar-refractivity contribution is 6.30. The number of benzene rings is 2. The number of nitrogens with one attached hydrogen (secondary N) is 1. The number of unbranched alkanes of at least 4 members (excludes halogenated alkanes) is 2. The van der Waals surface area contributed by atoms with E-state index in [4.69, 9.17) is 21.1 Å². The van der Waals surface area contributed by atoms with Gasteiger partial charge < -0.3 is 14.8 Å². The summed E-state index contributed by atoms with van der Waals surface area (Å²) in [6, 6.07) is 12.3. The van der Waals surface area contributed by atoms with Crippen LogP contribution < -0.4 is 10.1 Å². The van der Waals surface area contributed by atoms with Crippen LogP contribution >= 0.6 is 11.6 Å². The number of ether oxygens (including phenoxy) is 2. The number of amides is 1. The number of carbonyl (C=O) groups is 2. The lowest BCUT2D eigenvalue weighted by Gasteiger charge is -2.17.